The van der Waals surface area contributed by atoms with E-state index in [2.05, 4.69) is 25.8 Å². The molecule has 1 aromatic heterocycles. The van der Waals surface area contributed by atoms with Gasteiger partial charge in [0.25, 0.3) is 5.91 Å². The number of hydrogen-bond donors (Lipinski definition) is 3. The number of nitrogens with zero attached hydrogens (tertiary/aromatic N) is 2. The van der Waals surface area contributed by atoms with Crippen molar-refractivity contribution < 1.29 is 9.18 Å². The molecule has 154 valence electrons. The minimum Gasteiger partial charge on any atom is -0.309 e. The summed E-state index contributed by atoms with van der Waals surface area (Å²) in [6.45, 7) is 0. The zero-order valence-corrected chi connectivity index (χ0v) is 16.9. The second-order valence-electron chi connectivity index (χ2n) is 7.18. The van der Waals surface area contributed by atoms with E-state index in [1.165, 1.54) is 18.2 Å². The quantitative estimate of drug-likeness (QED) is 0.406. The number of aromatic nitrogens is 2. The Hall–Kier alpha value is -3.19. The summed E-state index contributed by atoms with van der Waals surface area (Å²) in [5.41, 5.74) is 1.95. The number of carbonyl (C=O) groups excluding carboxylic acids is 1. The number of aliphatic imine (C=N–C) groups is 1. The first-order chi connectivity index (χ1) is 14.6. The van der Waals surface area contributed by atoms with Gasteiger partial charge in [0.05, 0.1) is 11.7 Å². The van der Waals surface area contributed by atoms with Gasteiger partial charge in [-0.05, 0) is 48.7 Å². The van der Waals surface area contributed by atoms with Crippen LogP contribution < -0.4 is 10.6 Å². The van der Waals surface area contributed by atoms with Gasteiger partial charge in [-0.25, -0.2) is 9.38 Å². The topological polar surface area (TPSA) is 82.2 Å². The van der Waals surface area contributed by atoms with Crippen molar-refractivity contribution in [2.75, 3.05) is 5.32 Å². The number of H-pyrrole nitrogens is 1. The van der Waals surface area contributed by atoms with E-state index in [-0.39, 0.29) is 11.6 Å². The average molecular weight is 426 g/mol. The summed E-state index contributed by atoms with van der Waals surface area (Å²) < 4.78 is 13.5. The zero-order valence-electron chi connectivity index (χ0n) is 16.2. The van der Waals surface area contributed by atoms with Gasteiger partial charge in [0.1, 0.15) is 5.82 Å². The van der Waals surface area contributed by atoms with Crippen LogP contribution in [-0.2, 0) is 0 Å². The van der Waals surface area contributed by atoms with E-state index in [9.17, 15) is 9.18 Å². The average Bonchev–Trinajstić information content (AvgIpc) is 3.41. The van der Waals surface area contributed by atoms with E-state index in [1.54, 1.807) is 18.2 Å². The van der Waals surface area contributed by atoms with E-state index in [1.807, 2.05) is 18.2 Å². The Morgan fingerprint density at radius 1 is 1.13 bits per heavy atom. The van der Waals surface area contributed by atoms with E-state index in [0.29, 0.717) is 16.8 Å². The van der Waals surface area contributed by atoms with Crippen LogP contribution >= 0.6 is 11.6 Å². The van der Waals surface area contributed by atoms with Crippen LogP contribution in [0.2, 0.25) is 5.02 Å². The molecule has 6 nitrogen and oxygen atoms in total. The smallest absolute Gasteiger partial charge is 0.258 e. The number of benzene rings is 2. The highest BCUT2D eigenvalue weighted by molar-refractivity contribution is 6.30. The third kappa shape index (κ3) is 5.04. The van der Waals surface area contributed by atoms with E-state index in [4.69, 9.17) is 11.6 Å². The van der Waals surface area contributed by atoms with Crippen LogP contribution in [-0.4, -0.2) is 28.1 Å². The molecule has 4 rings (SSSR count). The number of anilines is 1. The van der Waals surface area contributed by atoms with Gasteiger partial charge in [0.15, 0.2) is 5.82 Å². The lowest BCUT2D eigenvalue weighted by Crippen LogP contribution is -2.37. The van der Waals surface area contributed by atoms with Crippen molar-refractivity contribution in [1.82, 2.24) is 15.5 Å². The molecule has 0 radical (unpaired) electrons. The fourth-order valence-corrected chi connectivity index (χ4v) is 3.53. The van der Waals surface area contributed by atoms with E-state index < -0.39 is 11.7 Å². The van der Waals surface area contributed by atoms with Crippen molar-refractivity contribution in [2.45, 2.75) is 31.7 Å². The Bertz CT molecular complexity index is 1060. The van der Waals surface area contributed by atoms with Crippen LogP contribution in [0.1, 0.15) is 36.0 Å². The Kier molecular flexibility index (Phi) is 6.09. The number of amides is 1. The number of halogens is 2. The van der Waals surface area contributed by atoms with Crippen molar-refractivity contribution in [3.05, 3.63) is 71.0 Å². The molecule has 30 heavy (non-hydrogen) atoms. The molecular weight excluding hydrogens is 405 g/mol. The second kappa shape index (κ2) is 9.09. The largest absolute Gasteiger partial charge is 0.309 e. The van der Waals surface area contributed by atoms with Gasteiger partial charge in [-0.1, -0.05) is 42.6 Å². The van der Waals surface area contributed by atoms with Crippen molar-refractivity contribution >= 4 is 29.3 Å². The predicted octanol–water partition coefficient (Wildman–Crippen LogP) is 5.01. The number of guanidine groups is 1. The maximum absolute atomic E-state index is 13.5. The van der Waals surface area contributed by atoms with Gasteiger partial charge in [-0.3, -0.25) is 15.2 Å². The summed E-state index contributed by atoms with van der Waals surface area (Å²) in [6.07, 6.45) is 4.17. The minimum absolute atomic E-state index is 0.134. The third-order valence-electron chi connectivity index (χ3n) is 4.93. The van der Waals surface area contributed by atoms with Gasteiger partial charge in [-0.2, -0.15) is 5.10 Å². The molecule has 1 amide bonds. The Labute approximate surface area is 178 Å². The first kappa shape index (κ1) is 20.1. The van der Waals surface area contributed by atoms with Crippen molar-refractivity contribution in [2.24, 2.45) is 4.99 Å². The van der Waals surface area contributed by atoms with E-state index >= 15 is 0 Å². The second-order valence-corrected chi connectivity index (χ2v) is 7.62. The number of rotatable bonds is 4. The normalized spacial score (nSPS) is 14.7. The first-order valence-corrected chi connectivity index (χ1v) is 10.2. The van der Waals surface area contributed by atoms with Gasteiger partial charge >= 0.3 is 0 Å². The van der Waals surface area contributed by atoms with Crippen LogP contribution in [0.25, 0.3) is 11.3 Å². The van der Waals surface area contributed by atoms with Gasteiger partial charge < -0.3 is 5.32 Å². The van der Waals surface area contributed by atoms with Crippen LogP contribution in [0, 0.1) is 5.82 Å². The highest BCUT2D eigenvalue weighted by Gasteiger charge is 2.17. The lowest BCUT2D eigenvalue weighted by Gasteiger charge is -2.12. The van der Waals surface area contributed by atoms with Crippen LogP contribution in [0.5, 0.6) is 0 Å². The molecule has 0 saturated heterocycles. The minimum atomic E-state index is -0.468. The third-order valence-corrected chi connectivity index (χ3v) is 5.19. The summed E-state index contributed by atoms with van der Waals surface area (Å²) >= 11 is 5.95. The molecule has 1 heterocycles. The molecule has 1 aliphatic carbocycles. The summed E-state index contributed by atoms with van der Waals surface area (Å²) in [6, 6.07) is 14.9. The number of aromatic amines is 1. The first-order valence-electron chi connectivity index (χ1n) is 9.80. The van der Waals surface area contributed by atoms with E-state index in [0.717, 1.165) is 36.9 Å². The molecule has 0 aliphatic heterocycles. The molecule has 0 bridgehead atoms. The summed E-state index contributed by atoms with van der Waals surface area (Å²) in [5.74, 6) is -0.0986. The van der Waals surface area contributed by atoms with Crippen molar-refractivity contribution in [3.8, 4) is 11.3 Å². The number of carbonyl (C=O) groups is 1. The molecule has 3 aromatic rings. The van der Waals surface area contributed by atoms with Gasteiger partial charge in [0.2, 0.25) is 5.96 Å². The van der Waals surface area contributed by atoms with Crippen LogP contribution in [0.15, 0.2) is 59.6 Å². The molecule has 0 spiro atoms. The molecular formula is C22H21ClFN5O. The molecule has 2 aromatic carbocycles. The van der Waals surface area contributed by atoms with Crippen molar-refractivity contribution in [1.29, 1.82) is 0 Å². The van der Waals surface area contributed by atoms with Gasteiger partial charge in [-0.15, -0.1) is 0 Å². The summed E-state index contributed by atoms with van der Waals surface area (Å²) in [7, 11) is 0. The van der Waals surface area contributed by atoms with Gasteiger partial charge in [0, 0.05) is 16.7 Å². The summed E-state index contributed by atoms with van der Waals surface area (Å²) in [5, 5.41) is 13.7. The Morgan fingerprint density at radius 3 is 2.63 bits per heavy atom. The fourth-order valence-electron chi connectivity index (χ4n) is 3.41. The summed E-state index contributed by atoms with van der Waals surface area (Å²) in [4.78, 5) is 17.3. The fraction of sp³-hybridized carbons (Fsp3) is 0.227. The zero-order chi connectivity index (χ0) is 20.9. The van der Waals surface area contributed by atoms with Crippen LogP contribution in [0.3, 0.4) is 0 Å². The van der Waals surface area contributed by atoms with Crippen molar-refractivity contribution in [3.63, 3.8) is 0 Å². The Morgan fingerprint density at radius 2 is 1.90 bits per heavy atom. The standard InChI is InChI=1S/C22H21ClFN5O/c23-16-10-8-14(9-11-16)19-13-20(29-28-19)26-22(25-18-6-1-2-7-18)27-21(30)15-4-3-5-17(24)12-15/h3-5,8-13,18H,1-2,6-7H2,(H3,25,26,27,28,29,30). The molecule has 0 atom stereocenters. The lowest BCUT2D eigenvalue weighted by atomic mass is 10.1. The highest BCUT2D eigenvalue weighted by Crippen LogP contribution is 2.23. The number of hydrogen-bond acceptors (Lipinski definition) is 3. The molecule has 1 fully saturated rings. The predicted molar refractivity (Wildman–Crippen MR) is 116 cm³/mol. The molecule has 1 saturated carbocycles. The molecule has 0 unspecified atom stereocenters. The molecule has 1 aliphatic rings. The Balaban J connectivity index is 1.53. The maximum Gasteiger partial charge on any atom is 0.258 e. The van der Waals surface area contributed by atoms with Crippen LogP contribution in [0.4, 0.5) is 10.2 Å². The number of nitrogens with one attached hydrogen (secondary N) is 3. The maximum atomic E-state index is 13.5. The molecule has 8 heteroatoms. The molecule has 3 N–H and O–H groups in total. The lowest BCUT2D eigenvalue weighted by molar-refractivity contribution is 0.0976. The SMILES string of the molecule is O=C(NC(=NC1CCCC1)Nc1cc(-c2ccc(Cl)cc2)[nH]n1)c1cccc(F)c1. The monoisotopic (exact) mass is 425 g/mol. The highest BCUT2D eigenvalue weighted by atomic mass is 35.5.